The SMILES string of the molecule is CC(C)(C)OC(=O)N1CCCC1COc1nc2ccccc2nc1NC1CC1. The van der Waals surface area contributed by atoms with Crippen LogP contribution in [-0.2, 0) is 4.74 Å². The Labute approximate surface area is 165 Å². The van der Waals surface area contributed by atoms with Crippen molar-refractivity contribution in [3.63, 3.8) is 0 Å². The van der Waals surface area contributed by atoms with Crippen molar-refractivity contribution in [1.29, 1.82) is 0 Å². The van der Waals surface area contributed by atoms with E-state index in [1.807, 2.05) is 45.0 Å². The molecule has 7 heteroatoms. The molecule has 4 rings (SSSR count). The fourth-order valence-electron chi connectivity index (χ4n) is 3.34. The van der Waals surface area contributed by atoms with E-state index in [2.05, 4.69) is 10.3 Å². The Hall–Kier alpha value is -2.57. The number of para-hydroxylation sites is 2. The van der Waals surface area contributed by atoms with Crippen LogP contribution in [0.4, 0.5) is 10.6 Å². The second kappa shape index (κ2) is 7.45. The molecule has 1 aliphatic carbocycles. The highest BCUT2D eigenvalue weighted by Crippen LogP contribution is 2.30. The second-order valence-electron chi connectivity index (χ2n) is 8.57. The molecule has 7 nitrogen and oxygen atoms in total. The molecule has 2 aliphatic rings. The number of aromatic nitrogens is 2. The normalized spacial score (nSPS) is 19.7. The molecule has 1 unspecified atom stereocenters. The number of anilines is 1. The van der Waals surface area contributed by atoms with E-state index in [-0.39, 0.29) is 12.1 Å². The lowest BCUT2D eigenvalue weighted by Crippen LogP contribution is -2.42. The number of hydrogen-bond acceptors (Lipinski definition) is 6. The molecule has 2 heterocycles. The van der Waals surface area contributed by atoms with Crippen molar-refractivity contribution in [2.75, 3.05) is 18.5 Å². The number of hydrogen-bond donors (Lipinski definition) is 1. The summed E-state index contributed by atoms with van der Waals surface area (Å²) < 4.78 is 11.6. The average molecular weight is 384 g/mol. The second-order valence-corrected chi connectivity index (χ2v) is 8.57. The van der Waals surface area contributed by atoms with Crippen LogP contribution in [0.2, 0.25) is 0 Å². The maximum absolute atomic E-state index is 12.5. The summed E-state index contributed by atoms with van der Waals surface area (Å²) in [5.41, 5.74) is 1.14. The number of ether oxygens (including phenoxy) is 2. The van der Waals surface area contributed by atoms with Crippen molar-refractivity contribution in [3.05, 3.63) is 24.3 Å². The minimum absolute atomic E-state index is 0.0168. The Bertz CT molecular complexity index is 860. The average Bonchev–Trinajstić information content (AvgIpc) is 3.32. The van der Waals surface area contributed by atoms with E-state index < -0.39 is 5.60 Å². The topological polar surface area (TPSA) is 76.6 Å². The van der Waals surface area contributed by atoms with Gasteiger partial charge in [0.2, 0.25) is 0 Å². The van der Waals surface area contributed by atoms with E-state index >= 15 is 0 Å². The van der Waals surface area contributed by atoms with Gasteiger partial charge in [0.1, 0.15) is 12.2 Å². The molecule has 1 saturated heterocycles. The predicted octanol–water partition coefficient (Wildman–Crippen LogP) is 3.98. The molecule has 0 spiro atoms. The number of nitrogens with zero attached hydrogens (tertiary/aromatic N) is 3. The van der Waals surface area contributed by atoms with Crippen molar-refractivity contribution in [2.24, 2.45) is 0 Å². The van der Waals surface area contributed by atoms with Gasteiger partial charge in [0, 0.05) is 12.6 Å². The lowest BCUT2D eigenvalue weighted by Gasteiger charge is -2.28. The summed E-state index contributed by atoms with van der Waals surface area (Å²) in [5, 5.41) is 3.41. The van der Waals surface area contributed by atoms with Gasteiger partial charge in [-0.1, -0.05) is 12.1 Å². The molecule has 0 bridgehead atoms. The predicted molar refractivity (Wildman–Crippen MR) is 108 cm³/mol. The number of benzene rings is 1. The standard InChI is InChI=1S/C21H28N4O3/c1-21(2,3)28-20(26)25-12-6-7-15(25)13-27-19-18(22-14-10-11-14)23-16-8-4-5-9-17(16)24-19/h4-5,8-9,14-15H,6-7,10-13H2,1-3H3,(H,22,23). The summed E-state index contributed by atoms with van der Waals surface area (Å²) >= 11 is 0. The van der Waals surface area contributed by atoms with Gasteiger partial charge in [-0.05, 0) is 58.6 Å². The highest BCUT2D eigenvalue weighted by atomic mass is 16.6. The van der Waals surface area contributed by atoms with Crippen molar-refractivity contribution < 1.29 is 14.3 Å². The summed E-state index contributed by atoms with van der Waals surface area (Å²) in [6.07, 6.45) is 3.85. The highest BCUT2D eigenvalue weighted by molar-refractivity contribution is 5.77. The van der Waals surface area contributed by atoms with Crippen LogP contribution in [0.1, 0.15) is 46.5 Å². The lowest BCUT2D eigenvalue weighted by molar-refractivity contribution is 0.0186. The van der Waals surface area contributed by atoms with E-state index in [1.165, 1.54) is 0 Å². The van der Waals surface area contributed by atoms with Crippen LogP contribution < -0.4 is 10.1 Å². The number of carbonyl (C=O) groups is 1. The van der Waals surface area contributed by atoms with Crippen molar-refractivity contribution >= 4 is 22.9 Å². The molecular weight excluding hydrogens is 356 g/mol. The monoisotopic (exact) mass is 384 g/mol. The van der Waals surface area contributed by atoms with Gasteiger partial charge in [-0.15, -0.1) is 0 Å². The van der Waals surface area contributed by atoms with Crippen LogP contribution in [0, 0.1) is 0 Å². The first-order valence-corrected chi connectivity index (χ1v) is 10.0. The third-order valence-electron chi connectivity index (χ3n) is 4.87. The Kier molecular flexibility index (Phi) is 5.00. The number of carbonyl (C=O) groups excluding carboxylic acids is 1. The highest BCUT2D eigenvalue weighted by Gasteiger charge is 2.33. The zero-order valence-corrected chi connectivity index (χ0v) is 16.8. The molecule has 1 saturated carbocycles. The quantitative estimate of drug-likeness (QED) is 0.840. The third-order valence-corrected chi connectivity index (χ3v) is 4.87. The molecular formula is C21H28N4O3. The van der Waals surface area contributed by atoms with E-state index in [4.69, 9.17) is 14.5 Å². The number of nitrogens with one attached hydrogen (secondary N) is 1. The van der Waals surface area contributed by atoms with Gasteiger partial charge >= 0.3 is 6.09 Å². The molecule has 28 heavy (non-hydrogen) atoms. The van der Waals surface area contributed by atoms with E-state index in [0.717, 1.165) is 36.7 Å². The Morgan fingerprint density at radius 3 is 2.57 bits per heavy atom. The first kappa shape index (κ1) is 18.8. The zero-order chi connectivity index (χ0) is 19.7. The van der Waals surface area contributed by atoms with Crippen LogP contribution >= 0.6 is 0 Å². The molecule has 2 aromatic rings. The van der Waals surface area contributed by atoms with Crippen LogP contribution in [0.15, 0.2) is 24.3 Å². The Morgan fingerprint density at radius 1 is 1.18 bits per heavy atom. The largest absolute Gasteiger partial charge is 0.473 e. The molecule has 2 fully saturated rings. The number of likely N-dealkylation sites (tertiary alicyclic amines) is 1. The molecule has 1 aliphatic heterocycles. The molecule has 150 valence electrons. The lowest BCUT2D eigenvalue weighted by atomic mass is 10.2. The first-order valence-electron chi connectivity index (χ1n) is 10.0. The summed E-state index contributed by atoms with van der Waals surface area (Å²) in [6, 6.07) is 8.20. The van der Waals surface area contributed by atoms with Crippen LogP contribution in [0.5, 0.6) is 5.88 Å². The maximum atomic E-state index is 12.5. The Morgan fingerprint density at radius 2 is 1.89 bits per heavy atom. The molecule has 1 aromatic heterocycles. The summed E-state index contributed by atoms with van der Waals surface area (Å²) in [5.74, 6) is 1.18. The molecule has 1 atom stereocenters. The van der Waals surface area contributed by atoms with Crippen molar-refractivity contribution in [2.45, 2.75) is 64.1 Å². The van der Waals surface area contributed by atoms with Crippen LogP contribution in [0.25, 0.3) is 11.0 Å². The van der Waals surface area contributed by atoms with E-state index in [0.29, 0.717) is 30.9 Å². The van der Waals surface area contributed by atoms with Gasteiger partial charge in [0.05, 0.1) is 17.1 Å². The van der Waals surface area contributed by atoms with E-state index in [1.54, 1.807) is 4.90 Å². The Balaban J connectivity index is 1.48. The summed E-state index contributed by atoms with van der Waals surface area (Å²) in [4.78, 5) is 23.6. The number of rotatable bonds is 5. The van der Waals surface area contributed by atoms with Gasteiger partial charge in [-0.3, -0.25) is 0 Å². The van der Waals surface area contributed by atoms with Gasteiger partial charge in [0.15, 0.2) is 5.82 Å². The van der Waals surface area contributed by atoms with Gasteiger partial charge in [-0.2, -0.15) is 0 Å². The van der Waals surface area contributed by atoms with Gasteiger partial charge < -0.3 is 19.7 Å². The fraction of sp³-hybridized carbons (Fsp3) is 0.571. The minimum Gasteiger partial charge on any atom is -0.473 e. The van der Waals surface area contributed by atoms with Gasteiger partial charge in [0.25, 0.3) is 5.88 Å². The summed E-state index contributed by atoms with van der Waals surface area (Å²) in [7, 11) is 0. The molecule has 0 radical (unpaired) electrons. The molecule has 1 amide bonds. The van der Waals surface area contributed by atoms with Crippen molar-refractivity contribution in [3.8, 4) is 5.88 Å². The summed E-state index contributed by atoms with van der Waals surface area (Å²) in [6.45, 7) is 6.72. The van der Waals surface area contributed by atoms with Gasteiger partial charge in [-0.25, -0.2) is 14.8 Å². The molecule has 1 N–H and O–H groups in total. The van der Waals surface area contributed by atoms with E-state index in [9.17, 15) is 4.79 Å². The maximum Gasteiger partial charge on any atom is 0.410 e. The zero-order valence-electron chi connectivity index (χ0n) is 16.8. The number of amides is 1. The smallest absolute Gasteiger partial charge is 0.410 e. The number of fused-ring (bicyclic) bond motifs is 1. The fourth-order valence-corrected chi connectivity index (χ4v) is 3.34. The minimum atomic E-state index is -0.504. The molecule has 1 aromatic carbocycles. The van der Waals surface area contributed by atoms with Crippen LogP contribution in [0.3, 0.4) is 0 Å². The van der Waals surface area contributed by atoms with Crippen molar-refractivity contribution in [1.82, 2.24) is 14.9 Å². The van der Waals surface area contributed by atoms with Crippen LogP contribution in [-0.4, -0.2) is 51.8 Å². The first-order chi connectivity index (χ1) is 13.4. The third kappa shape index (κ3) is 4.46.